The van der Waals surface area contributed by atoms with Crippen LogP contribution in [0, 0.1) is 0 Å². The van der Waals surface area contributed by atoms with Crippen molar-refractivity contribution in [2.75, 3.05) is 6.54 Å². The Kier molecular flexibility index (Phi) is 4.24. The molecule has 1 aliphatic heterocycles. The Morgan fingerprint density at radius 3 is 2.62 bits per heavy atom. The van der Waals surface area contributed by atoms with Crippen molar-refractivity contribution < 1.29 is 26.4 Å². The normalized spacial score (nSPS) is 20.1. The van der Waals surface area contributed by atoms with Crippen LogP contribution >= 0.6 is 0 Å². The first kappa shape index (κ1) is 15.8. The van der Waals surface area contributed by atoms with Gasteiger partial charge in [0.2, 0.25) is 15.9 Å². The summed E-state index contributed by atoms with van der Waals surface area (Å²) < 4.78 is 64.1. The summed E-state index contributed by atoms with van der Waals surface area (Å²) >= 11 is 0. The topological polar surface area (TPSA) is 75.3 Å². The molecule has 1 atom stereocenters. The van der Waals surface area contributed by atoms with Gasteiger partial charge in [0, 0.05) is 6.54 Å². The molecule has 0 aromatic heterocycles. The molecule has 1 aromatic carbocycles. The highest BCUT2D eigenvalue weighted by Gasteiger charge is 2.33. The number of rotatable bonds is 3. The van der Waals surface area contributed by atoms with Gasteiger partial charge in [0.1, 0.15) is 6.04 Å². The van der Waals surface area contributed by atoms with E-state index in [-0.39, 0.29) is 0 Å². The number of hydrogen-bond donors (Lipinski definition) is 2. The number of sulfonamides is 1. The quantitative estimate of drug-likeness (QED) is 0.880. The number of benzene rings is 1. The van der Waals surface area contributed by atoms with Crippen molar-refractivity contribution in [3.05, 3.63) is 29.8 Å². The van der Waals surface area contributed by atoms with Crippen LogP contribution < -0.4 is 10.0 Å². The Bertz CT molecular complexity index is 643. The monoisotopic (exact) mass is 322 g/mol. The average Bonchev–Trinajstić information content (AvgIpc) is 2.40. The van der Waals surface area contributed by atoms with Crippen molar-refractivity contribution in [2.24, 2.45) is 0 Å². The lowest BCUT2D eigenvalue weighted by atomic mass is 10.1. The van der Waals surface area contributed by atoms with Crippen molar-refractivity contribution in [3.63, 3.8) is 0 Å². The van der Waals surface area contributed by atoms with E-state index in [0.29, 0.717) is 25.5 Å². The van der Waals surface area contributed by atoms with Gasteiger partial charge in [-0.1, -0.05) is 6.07 Å². The maximum atomic E-state index is 12.6. The summed E-state index contributed by atoms with van der Waals surface area (Å²) in [6, 6.07) is 2.43. The van der Waals surface area contributed by atoms with Gasteiger partial charge in [-0.15, -0.1) is 0 Å². The maximum absolute atomic E-state index is 12.6. The van der Waals surface area contributed by atoms with Gasteiger partial charge in [-0.05, 0) is 31.0 Å². The summed E-state index contributed by atoms with van der Waals surface area (Å²) in [5.74, 6) is -0.475. The molecule has 1 saturated heterocycles. The molecule has 9 heteroatoms. The van der Waals surface area contributed by atoms with E-state index in [1.54, 1.807) is 0 Å². The van der Waals surface area contributed by atoms with Crippen molar-refractivity contribution in [2.45, 2.75) is 30.0 Å². The van der Waals surface area contributed by atoms with Crippen LogP contribution in [0.25, 0.3) is 0 Å². The molecule has 21 heavy (non-hydrogen) atoms. The fourth-order valence-electron chi connectivity index (χ4n) is 1.98. The van der Waals surface area contributed by atoms with E-state index in [9.17, 15) is 26.4 Å². The second-order valence-electron chi connectivity index (χ2n) is 4.63. The lowest BCUT2D eigenvalue weighted by molar-refractivity contribution is -0.137. The smallest absolute Gasteiger partial charge is 0.355 e. The first-order valence-electron chi connectivity index (χ1n) is 6.17. The highest BCUT2D eigenvalue weighted by Crippen LogP contribution is 2.30. The molecule has 5 nitrogen and oxygen atoms in total. The minimum atomic E-state index is -4.63. The van der Waals surface area contributed by atoms with Gasteiger partial charge in [0.15, 0.2) is 0 Å². The molecule has 2 N–H and O–H groups in total. The summed E-state index contributed by atoms with van der Waals surface area (Å²) in [4.78, 5) is 11.0. The molecule has 1 heterocycles. The number of alkyl halides is 3. The third-order valence-electron chi connectivity index (χ3n) is 3.05. The van der Waals surface area contributed by atoms with E-state index in [4.69, 9.17) is 0 Å². The zero-order chi connectivity index (χ0) is 15.7. The fraction of sp³-hybridized carbons (Fsp3) is 0.417. The zero-order valence-electron chi connectivity index (χ0n) is 10.8. The number of carbonyl (C=O) groups excluding carboxylic acids is 1. The predicted molar refractivity (Wildman–Crippen MR) is 67.8 cm³/mol. The molecule has 1 aromatic rings. The summed E-state index contributed by atoms with van der Waals surface area (Å²) in [6.45, 7) is 0.459. The van der Waals surface area contributed by atoms with Crippen LogP contribution in [0.2, 0.25) is 0 Å². The summed E-state index contributed by atoms with van der Waals surface area (Å²) in [7, 11) is -4.19. The number of halogens is 3. The Balaban J connectivity index is 2.25. The van der Waals surface area contributed by atoms with E-state index in [1.165, 1.54) is 0 Å². The molecule has 1 fully saturated rings. The van der Waals surface area contributed by atoms with Gasteiger partial charge < -0.3 is 5.32 Å². The molecule has 0 unspecified atom stereocenters. The van der Waals surface area contributed by atoms with Crippen LogP contribution in [-0.2, 0) is 21.0 Å². The van der Waals surface area contributed by atoms with Gasteiger partial charge >= 0.3 is 6.18 Å². The summed E-state index contributed by atoms with van der Waals surface area (Å²) in [5.41, 5.74) is -1.06. The van der Waals surface area contributed by atoms with Gasteiger partial charge in [-0.25, -0.2) is 8.42 Å². The van der Waals surface area contributed by atoms with E-state index < -0.39 is 38.6 Å². The highest BCUT2D eigenvalue weighted by molar-refractivity contribution is 7.89. The van der Waals surface area contributed by atoms with Crippen LogP contribution in [0.4, 0.5) is 13.2 Å². The lowest BCUT2D eigenvalue weighted by Crippen LogP contribution is -2.50. The number of nitrogens with one attached hydrogen (secondary N) is 2. The van der Waals surface area contributed by atoms with E-state index >= 15 is 0 Å². The van der Waals surface area contributed by atoms with Crippen LogP contribution in [0.1, 0.15) is 18.4 Å². The van der Waals surface area contributed by atoms with E-state index in [2.05, 4.69) is 10.0 Å². The zero-order valence-corrected chi connectivity index (χ0v) is 11.6. The van der Waals surface area contributed by atoms with E-state index in [1.807, 2.05) is 0 Å². The Morgan fingerprint density at radius 1 is 1.29 bits per heavy atom. The minimum absolute atomic E-state index is 0.310. The lowest BCUT2D eigenvalue weighted by Gasteiger charge is -2.22. The summed E-state index contributed by atoms with van der Waals surface area (Å²) in [6.07, 6.45) is -3.72. The van der Waals surface area contributed by atoms with Crippen molar-refractivity contribution in [3.8, 4) is 0 Å². The Morgan fingerprint density at radius 2 is 2.00 bits per heavy atom. The molecule has 2 rings (SSSR count). The number of amides is 1. The first-order chi connectivity index (χ1) is 9.70. The second-order valence-corrected chi connectivity index (χ2v) is 6.35. The van der Waals surface area contributed by atoms with Crippen LogP contribution in [0.5, 0.6) is 0 Å². The molecule has 0 saturated carbocycles. The standard InChI is InChI=1S/C12H13F3N2O3S/c13-12(14,15)8-3-1-4-9(7-8)21(19,20)17-10-5-2-6-16-11(10)18/h1,3-4,7,10,17H,2,5-6H2,(H,16,18)/t10-/m0/s1. The van der Waals surface area contributed by atoms with Crippen LogP contribution in [-0.4, -0.2) is 26.9 Å². The Hall–Kier alpha value is -1.61. The molecular weight excluding hydrogens is 309 g/mol. The van der Waals surface area contributed by atoms with Crippen LogP contribution in [0.3, 0.4) is 0 Å². The largest absolute Gasteiger partial charge is 0.416 e. The number of piperidine rings is 1. The molecule has 0 aliphatic carbocycles. The number of hydrogen-bond acceptors (Lipinski definition) is 3. The van der Waals surface area contributed by atoms with Crippen molar-refractivity contribution in [1.29, 1.82) is 0 Å². The fourth-order valence-corrected chi connectivity index (χ4v) is 3.25. The highest BCUT2D eigenvalue weighted by atomic mass is 32.2. The third-order valence-corrected chi connectivity index (χ3v) is 4.52. The van der Waals surface area contributed by atoms with Gasteiger partial charge in [0.25, 0.3) is 0 Å². The minimum Gasteiger partial charge on any atom is -0.355 e. The van der Waals surface area contributed by atoms with Crippen LogP contribution in [0.15, 0.2) is 29.2 Å². The molecule has 1 amide bonds. The van der Waals surface area contributed by atoms with E-state index in [0.717, 1.165) is 18.2 Å². The van der Waals surface area contributed by atoms with Gasteiger partial charge in [0.05, 0.1) is 10.5 Å². The molecule has 0 spiro atoms. The molecule has 0 radical (unpaired) electrons. The molecule has 0 bridgehead atoms. The predicted octanol–water partition coefficient (Wildman–Crippen LogP) is 1.26. The van der Waals surface area contributed by atoms with Crippen molar-refractivity contribution >= 4 is 15.9 Å². The third kappa shape index (κ3) is 3.73. The molecule has 1 aliphatic rings. The Labute approximate surface area is 119 Å². The second kappa shape index (κ2) is 5.64. The SMILES string of the molecule is O=C1NCCC[C@@H]1NS(=O)(=O)c1cccc(C(F)(F)F)c1. The summed E-state index contributed by atoms with van der Waals surface area (Å²) in [5, 5.41) is 2.50. The molecule has 116 valence electrons. The van der Waals surface area contributed by atoms with Gasteiger partial charge in [-0.2, -0.15) is 17.9 Å². The number of carbonyl (C=O) groups is 1. The van der Waals surface area contributed by atoms with Crippen molar-refractivity contribution in [1.82, 2.24) is 10.0 Å². The average molecular weight is 322 g/mol. The molecular formula is C12H13F3N2O3S. The first-order valence-corrected chi connectivity index (χ1v) is 7.66. The maximum Gasteiger partial charge on any atom is 0.416 e. The van der Waals surface area contributed by atoms with Gasteiger partial charge in [-0.3, -0.25) is 4.79 Å².